The summed E-state index contributed by atoms with van der Waals surface area (Å²) in [5.74, 6) is 0. The Hall–Kier alpha value is -1.60. The van der Waals surface area contributed by atoms with E-state index in [0.717, 1.165) is 10.9 Å². The van der Waals surface area contributed by atoms with E-state index in [4.69, 9.17) is 0 Å². The smallest absolute Gasteiger partial charge is 0.115 e. The Balaban J connectivity index is 1.62. The van der Waals surface area contributed by atoms with E-state index in [9.17, 15) is 0 Å². The summed E-state index contributed by atoms with van der Waals surface area (Å²) in [6.07, 6.45) is 22.4. The first-order valence-electron chi connectivity index (χ1n) is 14.5. The van der Waals surface area contributed by atoms with Gasteiger partial charge >= 0.3 is 0 Å². The highest BCUT2D eigenvalue weighted by molar-refractivity contribution is 5.19. The summed E-state index contributed by atoms with van der Waals surface area (Å²) in [6.45, 7) is 3.57. The summed E-state index contributed by atoms with van der Waals surface area (Å²) < 4.78 is 1.09. The molecule has 0 amide bonds. The van der Waals surface area contributed by atoms with Crippen LogP contribution in [0.1, 0.15) is 120 Å². The lowest BCUT2D eigenvalue weighted by Crippen LogP contribution is -2.44. The van der Waals surface area contributed by atoms with Gasteiger partial charge in [0, 0.05) is 12.0 Å². The molecule has 34 heavy (non-hydrogen) atoms. The second-order valence-corrected chi connectivity index (χ2v) is 11.0. The molecule has 190 valence electrons. The molecule has 1 unspecified atom stereocenters. The van der Waals surface area contributed by atoms with Crippen LogP contribution >= 0.6 is 0 Å². The van der Waals surface area contributed by atoms with Crippen molar-refractivity contribution >= 4 is 0 Å². The van der Waals surface area contributed by atoms with Gasteiger partial charge in [0.1, 0.15) is 6.04 Å². The predicted octanol–water partition coefficient (Wildman–Crippen LogP) is 9.92. The molecule has 0 aliphatic heterocycles. The Labute approximate surface area is 212 Å². The molecule has 0 heterocycles. The quantitative estimate of drug-likeness (QED) is 0.135. The number of benzene rings is 2. The Morgan fingerprint density at radius 2 is 1.00 bits per heavy atom. The normalized spacial score (nSPS) is 12.7. The van der Waals surface area contributed by atoms with Crippen molar-refractivity contribution in [3.63, 3.8) is 0 Å². The molecule has 1 nitrogen and oxygen atoms in total. The zero-order valence-corrected chi connectivity index (χ0v) is 22.8. The maximum atomic E-state index is 2.45. The third-order valence-electron chi connectivity index (χ3n) is 7.67. The average molecular weight is 465 g/mol. The van der Waals surface area contributed by atoms with Gasteiger partial charge in [-0.2, -0.15) is 0 Å². The van der Waals surface area contributed by atoms with Crippen LogP contribution in [0.25, 0.3) is 0 Å². The second-order valence-electron chi connectivity index (χ2n) is 11.0. The van der Waals surface area contributed by atoms with Crippen LogP contribution < -0.4 is 0 Å². The molecule has 0 radical (unpaired) electrons. The lowest BCUT2D eigenvalue weighted by molar-refractivity contribution is -0.921. The van der Waals surface area contributed by atoms with E-state index in [-0.39, 0.29) is 0 Å². The molecular weight excluding hydrogens is 410 g/mol. The highest BCUT2D eigenvalue weighted by Crippen LogP contribution is 2.30. The van der Waals surface area contributed by atoms with Crippen molar-refractivity contribution in [1.82, 2.24) is 0 Å². The van der Waals surface area contributed by atoms with Crippen molar-refractivity contribution < 1.29 is 4.48 Å². The van der Waals surface area contributed by atoms with Crippen molar-refractivity contribution in [2.45, 2.75) is 116 Å². The standard InChI is InChI=1S/C33H54N/c1-4-5-6-7-8-9-10-11-12-13-14-15-16-23-30-34(2,3)33(32-26-21-18-22-27-32)29-28-31-24-19-17-20-25-31/h17-22,24-27,33H,4-16,23,28-30H2,1-3H3/q+1. The monoisotopic (exact) mass is 464 g/mol. The minimum atomic E-state index is 0.559. The molecule has 0 saturated heterocycles. The van der Waals surface area contributed by atoms with E-state index in [2.05, 4.69) is 81.7 Å². The van der Waals surface area contributed by atoms with Crippen LogP contribution in [0.15, 0.2) is 60.7 Å². The van der Waals surface area contributed by atoms with Gasteiger partial charge in [-0.05, 0) is 24.8 Å². The third kappa shape index (κ3) is 12.2. The van der Waals surface area contributed by atoms with Gasteiger partial charge < -0.3 is 4.48 Å². The van der Waals surface area contributed by atoms with Crippen molar-refractivity contribution in [2.75, 3.05) is 20.6 Å². The number of nitrogens with zero attached hydrogens (tertiary/aromatic N) is 1. The number of aryl methyl sites for hydroxylation is 1. The number of unbranched alkanes of at least 4 members (excludes halogenated alkanes) is 13. The fourth-order valence-electron chi connectivity index (χ4n) is 5.41. The first-order valence-corrected chi connectivity index (χ1v) is 14.5. The van der Waals surface area contributed by atoms with Crippen molar-refractivity contribution in [3.8, 4) is 0 Å². The maximum Gasteiger partial charge on any atom is 0.115 e. The first kappa shape index (κ1) is 28.6. The molecule has 0 saturated carbocycles. The van der Waals surface area contributed by atoms with Gasteiger partial charge in [-0.15, -0.1) is 0 Å². The maximum absolute atomic E-state index is 2.45. The SMILES string of the molecule is CCCCCCCCCCCCCCCC[N+](C)(C)C(CCc1ccccc1)c1ccccc1. The highest BCUT2D eigenvalue weighted by atomic mass is 15.3. The lowest BCUT2D eigenvalue weighted by atomic mass is 9.95. The van der Waals surface area contributed by atoms with Crippen molar-refractivity contribution in [1.29, 1.82) is 0 Å². The second kappa shape index (κ2) is 17.8. The van der Waals surface area contributed by atoms with Crippen molar-refractivity contribution in [3.05, 3.63) is 71.8 Å². The number of quaternary nitrogens is 1. The molecule has 0 spiro atoms. The summed E-state index contributed by atoms with van der Waals surface area (Å²) in [4.78, 5) is 0. The Kier molecular flexibility index (Phi) is 15.0. The van der Waals surface area contributed by atoms with E-state index in [1.807, 2.05) is 0 Å². The fraction of sp³-hybridized carbons (Fsp3) is 0.636. The van der Waals surface area contributed by atoms with E-state index in [1.165, 1.54) is 114 Å². The fourth-order valence-corrected chi connectivity index (χ4v) is 5.41. The molecule has 0 bridgehead atoms. The van der Waals surface area contributed by atoms with E-state index >= 15 is 0 Å². The molecule has 2 aromatic rings. The number of hydrogen-bond donors (Lipinski definition) is 0. The molecule has 1 atom stereocenters. The molecular formula is C33H54N+. The van der Waals surface area contributed by atoms with Gasteiger partial charge in [-0.1, -0.05) is 145 Å². The van der Waals surface area contributed by atoms with Gasteiger partial charge in [0.05, 0.1) is 20.6 Å². The van der Waals surface area contributed by atoms with Crippen LogP contribution in [0.5, 0.6) is 0 Å². The minimum Gasteiger partial charge on any atom is -0.322 e. The van der Waals surface area contributed by atoms with E-state index in [0.29, 0.717) is 6.04 Å². The summed E-state index contributed by atoms with van der Waals surface area (Å²) >= 11 is 0. The van der Waals surface area contributed by atoms with E-state index in [1.54, 1.807) is 0 Å². The Morgan fingerprint density at radius 3 is 1.50 bits per heavy atom. The zero-order valence-electron chi connectivity index (χ0n) is 22.8. The van der Waals surface area contributed by atoms with Crippen molar-refractivity contribution in [2.24, 2.45) is 0 Å². The summed E-state index contributed by atoms with van der Waals surface area (Å²) in [5.41, 5.74) is 2.95. The minimum absolute atomic E-state index is 0.559. The average Bonchev–Trinajstić information content (AvgIpc) is 2.85. The molecule has 2 aromatic carbocycles. The molecule has 0 aliphatic rings. The molecule has 0 aliphatic carbocycles. The van der Waals surface area contributed by atoms with Gasteiger partial charge in [-0.3, -0.25) is 0 Å². The Morgan fingerprint density at radius 1 is 0.559 bits per heavy atom. The van der Waals surface area contributed by atoms with Crippen LogP contribution in [0.4, 0.5) is 0 Å². The van der Waals surface area contributed by atoms with Crippen LogP contribution in [-0.4, -0.2) is 25.1 Å². The van der Waals surface area contributed by atoms with Gasteiger partial charge in [-0.25, -0.2) is 0 Å². The zero-order chi connectivity index (χ0) is 24.3. The summed E-state index contributed by atoms with van der Waals surface area (Å²) in [6, 6.07) is 22.8. The molecule has 2 rings (SSSR count). The van der Waals surface area contributed by atoms with Gasteiger partial charge in [0.15, 0.2) is 0 Å². The Bertz CT molecular complexity index is 706. The lowest BCUT2D eigenvalue weighted by Gasteiger charge is -2.39. The molecule has 0 fully saturated rings. The predicted molar refractivity (Wildman–Crippen MR) is 151 cm³/mol. The summed E-state index contributed by atoms with van der Waals surface area (Å²) in [7, 11) is 4.90. The first-order chi connectivity index (χ1) is 16.6. The van der Waals surface area contributed by atoms with Crippen LogP contribution in [0.2, 0.25) is 0 Å². The molecule has 0 aromatic heterocycles. The van der Waals surface area contributed by atoms with Crippen LogP contribution in [-0.2, 0) is 6.42 Å². The number of rotatable bonds is 20. The summed E-state index contributed by atoms with van der Waals surface area (Å²) in [5, 5.41) is 0. The molecule has 1 heteroatoms. The highest BCUT2D eigenvalue weighted by Gasteiger charge is 2.29. The van der Waals surface area contributed by atoms with Crippen LogP contribution in [0.3, 0.4) is 0 Å². The van der Waals surface area contributed by atoms with Crippen LogP contribution in [0, 0.1) is 0 Å². The van der Waals surface area contributed by atoms with Gasteiger partial charge in [0.2, 0.25) is 0 Å². The topological polar surface area (TPSA) is 0 Å². The number of hydrogen-bond acceptors (Lipinski definition) is 0. The third-order valence-corrected chi connectivity index (χ3v) is 7.67. The largest absolute Gasteiger partial charge is 0.322 e. The van der Waals surface area contributed by atoms with E-state index < -0.39 is 0 Å². The van der Waals surface area contributed by atoms with Gasteiger partial charge in [0.25, 0.3) is 0 Å². The molecule has 0 N–H and O–H groups in total.